The molecule has 0 spiro atoms. The molecule has 0 aromatic carbocycles. The summed E-state index contributed by atoms with van der Waals surface area (Å²) in [4.78, 5) is 3.95. The van der Waals surface area contributed by atoms with Crippen LogP contribution >= 0.6 is 0 Å². The van der Waals surface area contributed by atoms with Gasteiger partial charge < -0.3 is 5.32 Å². The smallest absolute Gasteiger partial charge is 0.140 e. The molecule has 60 valence electrons. The Balaban J connectivity index is 2.08. The molecule has 0 bridgehead atoms. The van der Waals surface area contributed by atoms with Gasteiger partial charge in [0.25, 0.3) is 0 Å². The van der Waals surface area contributed by atoms with Crippen LogP contribution in [0.25, 0.3) is 0 Å². The zero-order valence-electron chi connectivity index (χ0n) is 6.62. The van der Waals surface area contributed by atoms with Crippen molar-refractivity contribution in [2.45, 2.75) is 18.9 Å². The third kappa shape index (κ3) is 1.54. The second-order valence-electron chi connectivity index (χ2n) is 2.96. The van der Waals surface area contributed by atoms with Gasteiger partial charge in [0.05, 0.1) is 11.9 Å². The number of nitriles is 1. The third-order valence-electron chi connectivity index (χ3n) is 1.83. The SMILES string of the molecule is N#Cc1ccc(NC2CC2)cn1. The maximum Gasteiger partial charge on any atom is 0.140 e. The topological polar surface area (TPSA) is 48.7 Å². The van der Waals surface area contributed by atoms with E-state index in [1.54, 1.807) is 12.3 Å². The molecule has 1 aromatic rings. The van der Waals surface area contributed by atoms with E-state index in [1.807, 2.05) is 12.1 Å². The Bertz CT molecular complexity index is 306. The number of anilines is 1. The van der Waals surface area contributed by atoms with E-state index in [1.165, 1.54) is 12.8 Å². The van der Waals surface area contributed by atoms with Gasteiger partial charge in [0.1, 0.15) is 11.8 Å². The largest absolute Gasteiger partial charge is 0.381 e. The molecule has 3 nitrogen and oxygen atoms in total. The summed E-state index contributed by atoms with van der Waals surface area (Å²) in [6.45, 7) is 0. The molecular formula is C9H9N3. The summed E-state index contributed by atoms with van der Waals surface area (Å²) >= 11 is 0. The average Bonchev–Trinajstić information content (AvgIpc) is 2.90. The highest BCUT2D eigenvalue weighted by Gasteiger charge is 2.20. The molecule has 2 rings (SSSR count). The summed E-state index contributed by atoms with van der Waals surface area (Å²) in [7, 11) is 0. The number of aromatic nitrogens is 1. The first kappa shape index (κ1) is 7.11. The molecule has 3 heteroatoms. The molecule has 1 heterocycles. The molecule has 0 saturated heterocycles. The van der Waals surface area contributed by atoms with Crippen LogP contribution in [-0.4, -0.2) is 11.0 Å². The first-order chi connectivity index (χ1) is 5.88. The number of pyridine rings is 1. The van der Waals surface area contributed by atoms with Crippen molar-refractivity contribution >= 4 is 5.69 Å². The van der Waals surface area contributed by atoms with E-state index in [9.17, 15) is 0 Å². The number of nitrogens with zero attached hydrogens (tertiary/aromatic N) is 2. The lowest BCUT2D eigenvalue weighted by Crippen LogP contribution is -2.00. The zero-order chi connectivity index (χ0) is 8.39. The van der Waals surface area contributed by atoms with E-state index < -0.39 is 0 Å². The molecule has 0 amide bonds. The highest BCUT2D eigenvalue weighted by molar-refractivity contribution is 5.44. The van der Waals surface area contributed by atoms with Crippen LogP contribution in [0.4, 0.5) is 5.69 Å². The molecule has 0 atom stereocenters. The van der Waals surface area contributed by atoms with E-state index in [-0.39, 0.29) is 0 Å². The Kier molecular flexibility index (Phi) is 1.67. The van der Waals surface area contributed by atoms with Crippen molar-refractivity contribution < 1.29 is 0 Å². The van der Waals surface area contributed by atoms with Crippen LogP contribution in [0.1, 0.15) is 18.5 Å². The van der Waals surface area contributed by atoms with Gasteiger partial charge in [-0.3, -0.25) is 0 Å². The standard InChI is InChI=1S/C9H9N3/c10-5-8-3-4-9(6-11-8)12-7-1-2-7/h3-4,6-7,12H,1-2H2. The van der Waals surface area contributed by atoms with E-state index in [0.717, 1.165) is 5.69 Å². The Labute approximate surface area is 71.0 Å². The predicted octanol–water partition coefficient (Wildman–Crippen LogP) is 1.53. The van der Waals surface area contributed by atoms with Crippen LogP contribution < -0.4 is 5.32 Å². The molecule has 1 aliphatic rings. The van der Waals surface area contributed by atoms with E-state index in [2.05, 4.69) is 10.3 Å². The second kappa shape index (κ2) is 2.82. The second-order valence-corrected chi connectivity index (χ2v) is 2.96. The number of rotatable bonds is 2. The van der Waals surface area contributed by atoms with Gasteiger partial charge in [-0.25, -0.2) is 4.98 Å². The van der Waals surface area contributed by atoms with Gasteiger partial charge in [0, 0.05) is 6.04 Å². The van der Waals surface area contributed by atoms with E-state index in [4.69, 9.17) is 5.26 Å². The highest BCUT2D eigenvalue weighted by Crippen LogP contribution is 2.23. The lowest BCUT2D eigenvalue weighted by Gasteiger charge is -2.01. The zero-order valence-corrected chi connectivity index (χ0v) is 6.62. The monoisotopic (exact) mass is 159 g/mol. The minimum Gasteiger partial charge on any atom is -0.381 e. The lowest BCUT2D eigenvalue weighted by molar-refractivity contribution is 1.14. The lowest BCUT2D eigenvalue weighted by atomic mass is 10.3. The Hall–Kier alpha value is -1.56. The van der Waals surface area contributed by atoms with Crippen LogP contribution in [0.5, 0.6) is 0 Å². The summed E-state index contributed by atoms with van der Waals surface area (Å²) < 4.78 is 0. The van der Waals surface area contributed by atoms with Crippen molar-refractivity contribution in [1.82, 2.24) is 4.98 Å². The summed E-state index contributed by atoms with van der Waals surface area (Å²) in [5, 5.41) is 11.8. The Morgan fingerprint density at radius 2 is 2.33 bits per heavy atom. The van der Waals surface area contributed by atoms with E-state index >= 15 is 0 Å². The van der Waals surface area contributed by atoms with Gasteiger partial charge in [-0.2, -0.15) is 5.26 Å². The molecule has 0 unspecified atom stereocenters. The first-order valence-electron chi connectivity index (χ1n) is 4.01. The van der Waals surface area contributed by atoms with Crippen molar-refractivity contribution in [3.8, 4) is 6.07 Å². The predicted molar refractivity (Wildman–Crippen MR) is 45.6 cm³/mol. The van der Waals surface area contributed by atoms with Crippen molar-refractivity contribution in [3.63, 3.8) is 0 Å². The van der Waals surface area contributed by atoms with Gasteiger partial charge in [-0.05, 0) is 25.0 Å². The number of hydrogen-bond donors (Lipinski definition) is 1. The fourth-order valence-electron chi connectivity index (χ4n) is 1.01. The summed E-state index contributed by atoms with van der Waals surface area (Å²) in [6.07, 6.45) is 4.21. The van der Waals surface area contributed by atoms with Crippen LogP contribution in [0.15, 0.2) is 18.3 Å². The van der Waals surface area contributed by atoms with Crippen LogP contribution in [-0.2, 0) is 0 Å². The fraction of sp³-hybridized carbons (Fsp3) is 0.333. The molecule has 0 radical (unpaired) electrons. The van der Waals surface area contributed by atoms with Crippen LogP contribution in [0.3, 0.4) is 0 Å². The molecule has 1 saturated carbocycles. The van der Waals surface area contributed by atoms with Crippen molar-refractivity contribution in [1.29, 1.82) is 5.26 Å². The van der Waals surface area contributed by atoms with Gasteiger partial charge >= 0.3 is 0 Å². The first-order valence-corrected chi connectivity index (χ1v) is 4.01. The summed E-state index contributed by atoms with van der Waals surface area (Å²) in [6, 6.07) is 6.24. The molecule has 1 aliphatic carbocycles. The molecule has 1 fully saturated rings. The van der Waals surface area contributed by atoms with Gasteiger partial charge in [-0.1, -0.05) is 0 Å². The maximum atomic E-state index is 8.49. The molecule has 12 heavy (non-hydrogen) atoms. The maximum absolute atomic E-state index is 8.49. The Morgan fingerprint density at radius 3 is 2.83 bits per heavy atom. The van der Waals surface area contributed by atoms with Gasteiger partial charge in [0.2, 0.25) is 0 Å². The third-order valence-corrected chi connectivity index (χ3v) is 1.83. The number of nitrogens with one attached hydrogen (secondary N) is 1. The van der Waals surface area contributed by atoms with Gasteiger partial charge in [-0.15, -0.1) is 0 Å². The van der Waals surface area contributed by atoms with Crippen molar-refractivity contribution in [3.05, 3.63) is 24.0 Å². The normalized spacial score (nSPS) is 15.2. The quantitative estimate of drug-likeness (QED) is 0.711. The summed E-state index contributed by atoms with van der Waals surface area (Å²) in [5.41, 5.74) is 1.48. The van der Waals surface area contributed by atoms with Crippen molar-refractivity contribution in [2.24, 2.45) is 0 Å². The van der Waals surface area contributed by atoms with Crippen LogP contribution in [0.2, 0.25) is 0 Å². The molecule has 1 N–H and O–H groups in total. The van der Waals surface area contributed by atoms with Crippen molar-refractivity contribution in [2.75, 3.05) is 5.32 Å². The number of hydrogen-bond acceptors (Lipinski definition) is 3. The molecular weight excluding hydrogens is 150 g/mol. The fourth-order valence-corrected chi connectivity index (χ4v) is 1.01. The summed E-state index contributed by atoms with van der Waals surface area (Å²) in [5.74, 6) is 0. The minimum atomic E-state index is 0.469. The van der Waals surface area contributed by atoms with E-state index in [0.29, 0.717) is 11.7 Å². The highest BCUT2D eigenvalue weighted by atomic mass is 15.0. The Morgan fingerprint density at radius 1 is 1.50 bits per heavy atom. The van der Waals surface area contributed by atoms with Crippen LogP contribution in [0, 0.1) is 11.3 Å². The molecule has 1 aromatic heterocycles. The van der Waals surface area contributed by atoms with Gasteiger partial charge in [0.15, 0.2) is 0 Å². The average molecular weight is 159 g/mol. The minimum absolute atomic E-state index is 0.469. The molecule has 0 aliphatic heterocycles.